The zero-order chi connectivity index (χ0) is 20.5. The summed E-state index contributed by atoms with van der Waals surface area (Å²) in [7, 11) is 0. The van der Waals surface area contributed by atoms with Gasteiger partial charge < -0.3 is 9.88 Å². The van der Waals surface area contributed by atoms with E-state index in [4.69, 9.17) is 0 Å². The van der Waals surface area contributed by atoms with Crippen LogP contribution in [0.1, 0.15) is 22.5 Å². The Labute approximate surface area is 177 Å². The highest BCUT2D eigenvalue weighted by Gasteiger charge is 2.33. The summed E-state index contributed by atoms with van der Waals surface area (Å²) in [5.74, 6) is -0.330. The third-order valence-corrected chi connectivity index (χ3v) is 5.42. The molecule has 1 aromatic carbocycles. The first-order valence-corrected chi connectivity index (χ1v) is 9.91. The number of halogens is 1. The number of carbonyl (C=O) groups excluding carboxylic acids is 2. The van der Waals surface area contributed by atoms with Crippen LogP contribution < -0.4 is 5.32 Å². The van der Waals surface area contributed by atoms with Crippen LogP contribution in [0.15, 0.2) is 65.0 Å². The van der Waals surface area contributed by atoms with E-state index in [1.165, 1.54) is 4.90 Å². The Morgan fingerprint density at radius 2 is 1.90 bits per heavy atom. The fourth-order valence-corrected chi connectivity index (χ4v) is 3.72. The molecule has 0 aliphatic carbocycles. The number of benzene rings is 1. The van der Waals surface area contributed by atoms with Crippen molar-refractivity contribution in [2.75, 3.05) is 0 Å². The first kappa shape index (κ1) is 19.1. The summed E-state index contributed by atoms with van der Waals surface area (Å²) in [6.07, 6.45) is 5.25. The van der Waals surface area contributed by atoms with Gasteiger partial charge in [-0.05, 0) is 61.4 Å². The van der Waals surface area contributed by atoms with Crippen LogP contribution in [-0.4, -0.2) is 26.4 Å². The SMILES string of the molecule is Cc1cc(/C=C2/NC(=O)N(Cc3ccc(Br)cc3)C2=O)c(C)n1-c1cccnc1. The Morgan fingerprint density at radius 1 is 1.14 bits per heavy atom. The van der Waals surface area contributed by atoms with Crippen molar-refractivity contribution >= 4 is 33.9 Å². The van der Waals surface area contributed by atoms with Crippen LogP contribution in [0.2, 0.25) is 0 Å². The summed E-state index contributed by atoms with van der Waals surface area (Å²) in [5.41, 5.74) is 4.97. The van der Waals surface area contributed by atoms with Gasteiger partial charge in [0.2, 0.25) is 0 Å². The maximum absolute atomic E-state index is 12.8. The molecule has 0 unspecified atom stereocenters. The number of carbonyl (C=O) groups is 2. The molecular weight excluding hydrogens is 432 g/mol. The van der Waals surface area contributed by atoms with Crippen molar-refractivity contribution in [2.45, 2.75) is 20.4 Å². The van der Waals surface area contributed by atoms with Crippen LogP contribution in [0.25, 0.3) is 11.8 Å². The van der Waals surface area contributed by atoms with Crippen molar-refractivity contribution in [3.05, 3.63) is 87.5 Å². The highest BCUT2D eigenvalue weighted by atomic mass is 79.9. The fraction of sp³-hybridized carbons (Fsp3) is 0.136. The van der Waals surface area contributed by atoms with E-state index in [-0.39, 0.29) is 18.1 Å². The predicted octanol–water partition coefficient (Wildman–Crippen LogP) is 4.34. The van der Waals surface area contributed by atoms with Gasteiger partial charge in [0, 0.05) is 22.1 Å². The second kappa shape index (κ2) is 7.67. The Hall–Kier alpha value is -3.19. The molecule has 0 spiro atoms. The van der Waals surface area contributed by atoms with Gasteiger partial charge >= 0.3 is 6.03 Å². The molecule has 0 bridgehead atoms. The number of aromatic nitrogens is 2. The number of hydrogen-bond acceptors (Lipinski definition) is 3. The predicted molar refractivity (Wildman–Crippen MR) is 114 cm³/mol. The lowest BCUT2D eigenvalue weighted by atomic mass is 10.2. The molecule has 1 saturated heterocycles. The second-order valence-electron chi connectivity index (χ2n) is 6.88. The minimum atomic E-state index is -0.412. The van der Waals surface area contributed by atoms with E-state index in [1.807, 2.05) is 56.3 Å². The molecule has 3 amide bonds. The van der Waals surface area contributed by atoms with E-state index in [0.717, 1.165) is 32.7 Å². The van der Waals surface area contributed by atoms with Gasteiger partial charge in [-0.25, -0.2) is 4.79 Å². The third kappa shape index (κ3) is 3.73. The van der Waals surface area contributed by atoms with Gasteiger partial charge in [0.15, 0.2) is 0 Å². The summed E-state index contributed by atoms with van der Waals surface area (Å²) < 4.78 is 3.02. The summed E-state index contributed by atoms with van der Waals surface area (Å²) >= 11 is 3.39. The monoisotopic (exact) mass is 450 g/mol. The maximum atomic E-state index is 12.8. The Kier molecular flexibility index (Phi) is 5.07. The van der Waals surface area contributed by atoms with Crippen molar-refractivity contribution in [1.29, 1.82) is 0 Å². The number of nitrogens with one attached hydrogen (secondary N) is 1. The minimum absolute atomic E-state index is 0.226. The topological polar surface area (TPSA) is 67.2 Å². The zero-order valence-electron chi connectivity index (χ0n) is 16.0. The van der Waals surface area contributed by atoms with Crippen LogP contribution >= 0.6 is 15.9 Å². The molecule has 0 atom stereocenters. The number of rotatable bonds is 4. The zero-order valence-corrected chi connectivity index (χ0v) is 17.6. The molecule has 6 nitrogen and oxygen atoms in total. The Bertz CT molecular complexity index is 1120. The van der Waals surface area contributed by atoms with E-state index in [0.29, 0.717) is 0 Å². The molecular formula is C22H19BrN4O2. The lowest BCUT2D eigenvalue weighted by Gasteiger charge is -2.11. The van der Waals surface area contributed by atoms with Gasteiger partial charge in [0.25, 0.3) is 5.91 Å². The van der Waals surface area contributed by atoms with Crippen molar-refractivity contribution in [3.8, 4) is 5.69 Å². The molecule has 1 N–H and O–H groups in total. The van der Waals surface area contributed by atoms with E-state index in [2.05, 4.69) is 30.8 Å². The highest BCUT2D eigenvalue weighted by molar-refractivity contribution is 9.10. The molecule has 146 valence electrons. The molecule has 4 rings (SSSR count). The van der Waals surface area contributed by atoms with Crippen molar-refractivity contribution in [3.63, 3.8) is 0 Å². The Balaban J connectivity index is 1.62. The number of amides is 3. The normalized spacial score (nSPS) is 15.3. The summed E-state index contributed by atoms with van der Waals surface area (Å²) in [5, 5.41) is 2.70. The Morgan fingerprint density at radius 3 is 2.59 bits per heavy atom. The number of pyridine rings is 1. The molecule has 1 aliphatic heterocycles. The van der Waals surface area contributed by atoms with Crippen molar-refractivity contribution in [2.24, 2.45) is 0 Å². The molecule has 3 aromatic rings. The van der Waals surface area contributed by atoms with Gasteiger partial charge in [-0.2, -0.15) is 0 Å². The molecule has 2 aromatic heterocycles. The second-order valence-corrected chi connectivity index (χ2v) is 7.79. The van der Waals surface area contributed by atoms with Crippen LogP contribution in [0.5, 0.6) is 0 Å². The summed E-state index contributed by atoms with van der Waals surface area (Å²) in [6.45, 7) is 4.20. The van der Waals surface area contributed by atoms with Crippen LogP contribution in [0.3, 0.4) is 0 Å². The van der Waals surface area contributed by atoms with Gasteiger partial charge in [0.05, 0.1) is 18.4 Å². The number of urea groups is 1. The van der Waals surface area contributed by atoms with E-state index in [9.17, 15) is 9.59 Å². The lowest BCUT2D eigenvalue weighted by molar-refractivity contribution is -0.123. The standard InChI is InChI=1S/C22H19BrN4O2/c1-14-10-17(15(2)27(14)19-4-3-9-24-12-19)11-20-21(28)26(22(29)25-20)13-16-5-7-18(23)8-6-16/h3-12H,13H2,1-2H3,(H,25,29)/b20-11+. The average molecular weight is 451 g/mol. The van der Waals surface area contributed by atoms with Gasteiger partial charge in [-0.1, -0.05) is 28.1 Å². The van der Waals surface area contributed by atoms with Gasteiger partial charge in [-0.15, -0.1) is 0 Å². The first-order chi connectivity index (χ1) is 13.9. The van der Waals surface area contributed by atoms with Gasteiger partial charge in [0.1, 0.15) is 5.70 Å². The quantitative estimate of drug-likeness (QED) is 0.474. The van der Waals surface area contributed by atoms with Gasteiger partial charge in [-0.3, -0.25) is 14.7 Å². The maximum Gasteiger partial charge on any atom is 0.329 e. The number of nitrogens with zero attached hydrogens (tertiary/aromatic N) is 3. The summed E-state index contributed by atoms with van der Waals surface area (Å²) in [6, 6.07) is 13.0. The molecule has 1 fully saturated rings. The average Bonchev–Trinajstić information content (AvgIpc) is 3.14. The third-order valence-electron chi connectivity index (χ3n) is 4.89. The number of hydrogen-bond donors (Lipinski definition) is 1. The molecule has 3 heterocycles. The molecule has 0 saturated carbocycles. The number of aryl methyl sites for hydroxylation is 1. The smallest absolute Gasteiger partial charge is 0.316 e. The van der Waals surface area contributed by atoms with Crippen LogP contribution in [0.4, 0.5) is 4.79 Å². The molecule has 1 aliphatic rings. The molecule has 7 heteroatoms. The van der Waals surface area contributed by atoms with E-state index >= 15 is 0 Å². The van der Waals surface area contributed by atoms with Crippen molar-refractivity contribution < 1.29 is 9.59 Å². The largest absolute Gasteiger partial charge is 0.329 e. The van der Waals surface area contributed by atoms with Crippen molar-refractivity contribution in [1.82, 2.24) is 19.8 Å². The lowest BCUT2D eigenvalue weighted by Crippen LogP contribution is -2.30. The number of imide groups is 1. The summed E-state index contributed by atoms with van der Waals surface area (Å²) in [4.78, 5) is 30.6. The van der Waals surface area contributed by atoms with E-state index in [1.54, 1.807) is 18.5 Å². The van der Waals surface area contributed by atoms with E-state index < -0.39 is 6.03 Å². The first-order valence-electron chi connectivity index (χ1n) is 9.12. The fourth-order valence-electron chi connectivity index (χ4n) is 3.46. The van der Waals surface area contributed by atoms with Crippen LogP contribution in [0, 0.1) is 13.8 Å². The minimum Gasteiger partial charge on any atom is -0.316 e. The molecule has 0 radical (unpaired) electrons. The van der Waals surface area contributed by atoms with Crippen LogP contribution in [-0.2, 0) is 11.3 Å². The highest BCUT2D eigenvalue weighted by Crippen LogP contribution is 2.24. The molecule has 29 heavy (non-hydrogen) atoms.